The third kappa shape index (κ3) is 20.5. The minimum atomic E-state index is -1.02. The number of benzene rings is 1. The van der Waals surface area contributed by atoms with Gasteiger partial charge in [-0.15, -0.1) is 24.8 Å². The van der Waals surface area contributed by atoms with E-state index in [9.17, 15) is 24.5 Å². The van der Waals surface area contributed by atoms with Gasteiger partial charge in [-0.25, -0.2) is 0 Å². The van der Waals surface area contributed by atoms with Gasteiger partial charge in [-0.1, -0.05) is 71.1 Å². The van der Waals surface area contributed by atoms with E-state index in [4.69, 9.17) is 9.47 Å². The molecule has 1 aromatic carbocycles. The van der Waals surface area contributed by atoms with Crippen molar-refractivity contribution in [2.24, 2.45) is 0 Å². The lowest BCUT2D eigenvalue weighted by molar-refractivity contribution is -0.384. The molecule has 0 aromatic heterocycles. The number of non-ortho nitro benzene ring substituents is 1. The summed E-state index contributed by atoms with van der Waals surface area (Å²) in [5, 5.41) is 14.1. The third-order valence-electron chi connectivity index (χ3n) is 6.72. The van der Waals surface area contributed by atoms with Crippen LogP contribution < -0.4 is 5.32 Å². The summed E-state index contributed by atoms with van der Waals surface area (Å²) in [4.78, 5) is 51.9. The van der Waals surface area contributed by atoms with E-state index in [0.29, 0.717) is 5.56 Å². The summed E-state index contributed by atoms with van der Waals surface area (Å²) in [7, 11) is 6.91. The molecule has 0 aliphatic carbocycles. The second-order valence-corrected chi connectivity index (χ2v) is 11.4. The van der Waals surface area contributed by atoms with Crippen molar-refractivity contribution in [3.63, 3.8) is 0 Å². The molecule has 1 rings (SSSR count). The smallest absolute Gasteiger partial charge is 0.320 e. The number of unbranched alkanes of at least 4 members (excludes halogenated alkanes) is 10. The molecule has 1 amide bonds. The van der Waals surface area contributed by atoms with Crippen LogP contribution in [0.5, 0.6) is 0 Å². The van der Waals surface area contributed by atoms with Crippen LogP contribution in [0, 0.1) is 10.1 Å². The maximum absolute atomic E-state index is 13.0. The molecule has 0 fully saturated rings. The number of amides is 1. The minimum absolute atomic E-state index is 0. The van der Waals surface area contributed by atoms with Crippen molar-refractivity contribution in [3.05, 3.63) is 39.9 Å². The number of rotatable bonds is 23. The summed E-state index contributed by atoms with van der Waals surface area (Å²) < 4.78 is 11.2. The molecule has 0 aliphatic heterocycles. The zero-order valence-corrected chi connectivity index (χ0v) is 28.7. The molecular formula is C31H54Cl2N4O7. The SMILES string of the molecule is CCCCCCCCCCCCCC(=O)N[C@H](COC(=O)CN(C)C)[C@H](OC(=O)CN(C)C)c1ccc([N+](=O)[O-])cc1.Cl.Cl. The molecule has 1 aromatic rings. The number of halogens is 2. The van der Waals surface area contributed by atoms with E-state index < -0.39 is 29.0 Å². The van der Waals surface area contributed by atoms with Crippen molar-refractivity contribution in [1.29, 1.82) is 0 Å². The monoisotopic (exact) mass is 664 g/mol. The molecule has 2 atom stereocenters. The minimum Gasteiger partial charge on any atom is -0.462 e. The Morgan fingerprint density at radius 1 is 0.795 bits per heavy atom. The van der Waals surface area contributed by atoms with Crippen molar-refractivity contribution in [1.82, 2.24) is 15.1 Å². The fourth-order valence-electron chi connectivity index (χ4n) is 4.53. The lowest BCUT2D eigenvalue weighted by Crippen LogP contribution is -2.45. The Kier molecular flexibility index (Phi) is 25.6. The summed E-state index contributed by atoms with van der Waals surface area (Å²) >= 11 is 0. The molecule has 0 spiro atoms. The number of carbonyl (C=O) groups excluding carboxylic acids is 3. The van der Waals surface area contributed by atoms with Gasteiger partial charge in [0.15, 0.2) is 6.10 Å². The average molecular weight is 666 g/mol. The van der Waals surface area contributed by atoms with E-state index in [0.717, 1.165) is 25.7 Å². The summed E-state index contributed by atoms with van der Waals surface area (Å²) in [5.74, 6) is -1.28. The maximum atomic E-state index is 13.0. The van der Waals surface area contributed by atoms with Gasteiger partial charge in [0.1, 0.15) is 12.6 Å². The molecule has 13 heteroatoms. The Bertz CT molecular complexity index is 949. The number of carbonyl (C=O) groups is 3. The Labute approximate surface area is 275 Å². The van der Waals surface area contributed by atoms with Gasteiger partial charge in [0.05, 0.1) is 18.0 Å². The van der Waals surface area contributed by atoms with Crippen molar-refractivity contribution < 1.29 is 28.8 Å². The molecule has 11 nitrogen and oxygen atoms in total. The number of ether oxygens (including phenoxy) is 2. The molecule has 0 saturated heterocycles. The normalized spacial score (nSPS) is 12.1. The van der Waals surface area contributed by atoms with E-state index in [-0.39, 0.29) is 62.5 Å². The van der Waals surface area contributed by atoms with Crippen LogP contribution in [0.2, 0.25) is 0 Å². The highest BCUT2D eigenvalue weighted by Gasteiger charge is 2.30. The highest BCUT2D eigenvalue weighted by molar-refractivity contribution is 5.85. The van der Waals surface area contributed by atoms with Crippen molar-refractivity contribution in [2.75, 3.05) is 47.9 Å². The molecule has 0 aliphatic rings. The van der Waals surface area contributed by atoms with Crippen LogP contribution in [-0.4, -0.2) is 86.5 Å². The lowest BCUT2D eigenvalue weighted by atomic mass is 10.0. The summed E-state index contributed by atoms with van der Waals surface area (Å²) in [6.45, 7) is 2.03. The van der Waals surface area contributed by atoms with Crippen molar-refractivity contribution in [2.45, 2.75) is 96.1 Å². The second kappa shape index (κ2) is 25.8. The van der Waals surface area contributed by atoms with E-state index in [1.807, 2.05) is 0 Å². The number of hydrogen-bond acceptors (Lipinski definition) is 9. The van der Waals surface area contributed by atoms with Gasteiger partial charge in [-0.05, 0) is 52.3 Å². The van der Waals surface area contributed by atoms with Crippen LogP contribution >= 0.6 is 24.8 Å². The zero-order chi connectivity index (χ0) is 31.3. The average Bonchev–Trinajstić information content (AvgIpc) is 2.92. The molecule has 0 bridgehead atoms. The van der Waals surface area contributed by atoms with Crippen LogP contribution in [0.15, 0.2) is 24.3 Å². The molecule has 0 unspecified atom stereocenters. The zero-order valence-electron chi connectivity index (χ0n) is 27.1. The molecule has 1 N–H and O–H groups in total. The van der Waals surface area contributed by atoms with Gasteiger partial charge >= 0.3 is 11.9 Å². The van der Waals surface area contributed by atoms with E-state index in [1.54, 1.807) is 38.0 Å². The van der Waals surface area contributed by atoms with Crippen LogP contribution in [0.4, 0.5) is 5.69 Å². The van der Waals surface area contributed by atoms with Gasteiger partial charge < -0.3 is 14.8 Å². The molecular weight excluding hydrogens is 611 g/mol. The number of nitrogens with zero attached hydrogens (tertiary/aromatic N) is 3. The van der Waals surface area contributed by atoms with Gasteiger partial charge in [0.25, 0.3) is 5.69 Å². The van der Waals surface area contributed by atoms with Crippen LogP contribution in [-0.2, 0) is 23.9 Å². The largest absolute Gasteiger partial charge is 0.462 e. The molecule has 0 saturated carbocycles. The summed E-state index contributed by atoms with van der Waals surface area (Å²) in [6, 6.07) is 4.70. The third-order valence-corrected chi connectivity index (χ3v) is 6.72. The van der Waals surface area contributed by atoms with Gasteiger partial charge in [-0.3, -0.25) is 34.3 Å². The Hall–Kier alpha value is -2.47. The highest BCUT2D eigenvalue weighted by Crippen LogP contribution is 2.25. The fourth-order valence-corrected chi connectivity index (χ4v) is 4.53. The summed E-state index contributed by atoms with van der Waals surface area (Å²) in [5.41, 5.74) is 0.322. The first kappa shape index (κ1) is 43.7. The molecule has 254 valence electrons. The molecule has 0 radical (unpaired) electrons. The maximum Gasteiger partial charge on any atom is 0.320 e. The second-order valence-electron chi connectivity index (χ2n) is 11.4. The van der Waals surface area contributed by atoms with Crippen LogP contribution in [0.25, 0.3) is 0 Å². The molecule has 44 heavy (non-hydrogen) atoms. The number of likely N-dealkylation sites (N-methyl/N-ethyl adjacent to an activating group) is 2. The van der Waals surface area contributed by atoms with Crippen molar-refractivity contribution in [3.8, 4) is 0 Å². The Morgan fingerprint density at radius 3 is 1.75 bits per heavy atom. The predicted octanol–water partition coefficient (Wildman–Crippen LogP) is 5.88. The quantitative estimate of drug-likeness (QED) is 0.0660. The number of esters is 2. The standard InChI is InChI=1S/C31H52N4O7.2ClH/c1-6-7-8-9-10-11-12-13-14-15-16-17-28(36)32-27(24-41-29(37)22-33(2)3)31(42-30(38)23-34(4)5)25-18-20-26(21-19-25)35(39)40;;/h18-21,27,31H,6-17,22-24H2,1-5H3,(H,32,36);2*1H/t27-,31-;;/m1../s1. The van der Waals surface area contributed by atoms with Crippen LogP contribution in [0.3, 0.4) is 0 Å². The first-order valence-corrected chi connectivity index (χ1v) is 15.2. The fraction of sp³-hybridized carbons (Fsp3) is 0.710. The van der Waals surface area contributed by atoms with E-state index >= 15 is 0 Å². The molecule has 0 heterocycles. The predicted molar refractivity (Wildman–Crippen MR) is 178 cm³/mol. The van der Waals surface area contributed by atoms with Gasteiger partial charge in [0, 0.05) is 18.6 Å². The van der Waals surface area contributed by atoms with E-state index in [2.05, 4.69) is 12.2 Å². The Balaban J connectivity index is 0. The van der Waals surface area contributed by atoms with Crippen molar-refractivity contribution >= 4 is 48.3 Å². The topological polar surface area (TPSA) is 131 Å². The van der Waals surface area contributed by atoms with Gasteiger partial charge in [-0.2, -0.15) is 0 Å². The van der Waals surface area contributed by atoms with Crippen LogP contribution in [0.1, 0.15) is 95.6 Å². The van der Waals surface area contributed by atoms with Gasteiger partial charge in [0.2, 0.25) is 5.91 Å². The lowest BCUT2D eigenvalue weighted by Gasteiger charge is -2.29. The number of hydrogen-bond donors (Lipinski definition) is 1. The first-order valence-electron chi connectivity index (χ1n) is 15.2. The summed E-state index contributed by atoms with van der Waals surface area (Å²) in [6.07, 6.45) is 12.1. The number of nitro groups is 1. The first-order chi connectivity index (χ1) is 20.0. The number of nitrogens with one attached hydrogen (secondary N) is 1. The number of nitro benzene ring substituents is 1. The highest BCUT2D eigenvalue weighted by atomic mass is 35.5. The Morgan fingerprint density at radius 2 is 1.27 bits per heavy atom. The van der Waals surface area contributed by atoms with E-state index in [1.165, 1.54) is 69.2 Å².